The monoisotopic (exact) mass is 275 g/mol. The van der Waals surface area contributed by atoms with Crippen molar-refractivity contribution >= 4 is 8.25 Å². The molecular weight excluding hydrogens is 249 g/mol. The van der Waals surface area contributed by atoms with Crippen LogP contribution in [-0.2, 0) is 9.09 Å². The summed E-state index contributed by atoms with van der Waals surface area (Å²) in [6, 6.07) is 0. The highest BCUT2D eigenvalue weighted by molar-refractivity contribution is 7.30. The van der Waals surface area contributed by atoms with Gasteiger partial charge in [-0.05, 0) is 48.1 Å². The zero-order valence-corrected chi connectivity index (χ0v) is 12.8. The number of rotatable bonds is 6. The van der Waals surface area contributed by atoms with Crippen molar-refractivity contribution in [2.75, 3.05) is 13.6 Å². The molecule has 1 saturated carbocycles. The molecule has 5 heteroatoms. The Labute approximate surface area is 111 Å². The van der Waals surface area contributed by atoms with E-state index in [1.54, 1.807) is 0 Å². The Morgan fingerprint density at radius 3 is 2.56 bits per heavy atom. The van der Waals surface area contributed by atoms with Crippen LogP contribution in [0.1, 0.15) is 40.0 Å². The first-order valence-electron chi connectivity index (χ1n) is 6.91. The summed E-state index contributed by atoms with van der Waals surface area (Å²) in [5.41, 5.74) is 0. The molecule has 0 aromatic heterocycles. The van der Waals surface area contributed by atoms with Crippen LogP contribution in [0.5, 0.6) is 0 Å². The highest BCUT2D eigenvalue weighted by Gasteiger charge is 2.38. The van der Waals surface area contributed by atoms with E-state index in [1.165, 1.54) is 12.8 Å². The lowest BCUT2D eigenvalue weighted by molar-refractivity contribution is -0.192. The number of nitrogens with one attached hydrogen (secondary N) is 1. The van der Waals surface area contributed by atoms with E-state index in [9.17, 15) is 9.46 Å². The van der Waals surface area contributed by atoms with Crippen molar-refractivity contribution < 1.29 is 14.0 Å². The molecule has 0 aliphatic heterocycles. The molecule has 4 nitrogen and oxygen atoms in total. The molecule has 1 aliphatic carbocycles. The van der Waals surface area contributed by atoms with Gasteiger partial charge in [-0.1, -0.05) is 27.2 Å². The van der Waals surface area contributed by atoms with Crippen LogP contribution in [0.25, 0.3) is 0 Å². The second-order valence-electron chi connectivity index (χ2n) is 5.92. The predicted octanol–water partition coefficient (Wildman–Crippen LogP) is 2.32. The van der Waals surface area contributed by atoms with Gasteiger partial charge >= 0.3 is 8.25 Å². The van der Waals surface area contributed by atoms with E-state index in [0.29, 0.717) is 30.2 Å². The molecule has 1 rings (SSSR count). The van der Waals surface area contributed by atoms with Gasteiger partial charge in [0.15, 0.2) is 0 Å². The minimum absolute atomic E-state index is 0.216. The Morgan fingerprint density at radius 2 is 2.06 bits per heavy atom. The van der Waals surface area contributed by atoms with E-state index >= 15 is 0 Å². The number of hydrogen-bond donors (Lipinski definition) is 1. The molecule has 0 aromatic carbocycles. The van der Waals surface area contributed by atoms with Crippen molar-refractivity contribution in [1.29, 1.82) is 0 Å². The minimum Gasteiger partial charge on any atom is -0.566 e. The lowest BCUT2D eigenvalue weighted by atomic mass is 9.68. The van der Waals surface area contributed by atoms with Crippen LogP contribution in [0.4, 0.5) is 0 Å². The smallest absolute Gasteiger partial charge is 0.488 e. The SMILES string of the molecule is CNCC(O[P+](=O)[O-])C1CC(C)CCC1C(C)C. The summed E-state index contributed by atoms with van der Waals surface area (Å²) in [5, 5.41) is 3.05. The summed E-state index contributed by atoms with van der Waals surface area (Å²) in [6.07, 6.45) is 3.28. The molecule has 0 radical (unpaired) electrons. The second kappa shape index (κ2) is 7.54. The van der Waals surface area contributed by atoms with E-state index in [0.717, 1.165) is 6.42 Å². The summed E-state index contributed by atoms with van der Waals surface area (Å²) < 4.78 is 16.0. The highest BCUT2D eigenvalue weighted by atomic mass is 31.1. The first-order valence-corrected chi connectivity index (χ1v) is 8.01. The van der Waals surface area contributed by atoms with Crippen LogP contribution in [0.3, 0.4) is 0 Å². The van der Waals surface area contributed by atoms with E-state index in [4.69, 9.17) is 4.52 Å². The Morgan fingerprint density at radius 1 is 1.39 bits per heavy atom. The fourth-order valence-corrected chi connectivity index (χ4v) is 3.73. The van der Waals surface area contributed by atoms with Crippen molar-refractivity contribution in [3.05, 3.63) is 0 Å². The molecule has 5 atom stereocenters. The first-order chi connectivity index (χ1) is 8.45. The van der Waals surface area contributed by atoms with E-state index < -0.39 is 8.25 Å². The zero-order valence-electron chi connectivity index (χ0n) is 11.9. The molecule has 18 heavy (non-hydrogen) atoms. The fraction of sp³-hybridized carbons (Fsp3) is 1.00. The summed E-state index contributed by atoms with van der Waals surface area (Å²) in [5.74, 6) is 2.15. The quantitative estimate of drug-likeness (QED) is 0.756. The maximum atomic E-state index is 10.9. The van der Waals surface area contributed by atoms with Gasteiger partial charge in [0.2, 0.25) is 0 Å². The number of likely N-dealkylation sites (N-methyl/N-ethyl adjacent to an activating group) is 1. The van der Waals surface area contributed by atoms with Crippen LogP contribution in [-0.4, -0.2) is 19.7 Å². The molecule has 1 aliphatic rings. The molecule has 106 valence electrons. The molecule has 0 aromatic rings. The summed E-state index contributed by atoms with van der Waals surface area (Å²) in [4.78, 5) is 10.9. The summed E-state index contributed by atoms with van der Waals surface area (Å²) >= 11 is 0. The van der Waals surface area contributed by atoms with Crippen molar-refractivity contribution in [2.45, 2.75) is 46.1 Å². The van der Waals surface area contributed by atoms with Gasteiger partial charge in [-0.3, -0.25) is 0 Å². The lowest BCUT2D eigenvalue weighted by Gasteiger charge is -2.39. The molecule has 0 heterocycles. The van der Waals surface area contributed by atoms with Crippen molar-refractivity contribution in [3.63, 3.8) is 0 Å². The topological polar surface area (TPSA) is 61.4 Å². The van der Waals surface area contributed by atoms with Crippen LogP contribution in [0.2, 0.25) is 0 Å². The van der Waals surface area contributed by atoms with E-state index in [1.807, 2.05) is 7.05 Å². The lowest BCUT2D eigenvalue weighted by Crippen LogP contribution is -2.41. The van der Waals surface area contributed by atoms with Crippen LogP contribution >= 0.6 is 8.25 Å². The molecule has 0 saturated heterocycles. The number of hydrogen-bond acceptors (Lipinski definition) is 4. The van der Waals surface area contributed by atoms with Gasteiger partial charge in [0.05, 0.1) is 0 Å². The van der Waals surface area contributed by atoms with Crippen molar-refractivity contribution in [2.24, 2.45) is 23.7 Å². The molecule has 1 N–H and O–H groups in total. The first kappa shape index (κ1) is 16.0. The van der Waals surface area contributed by atoms with E-state index in [-0.39, 0.29) is 6.10 Å². The molecule has 1 fully saturated rings. The van der Waals surface area contributed by atoms with Crippen LogP contribution in [0, 0.1) is 23.7 Å². The maximum Gasteiger partial charge on any atom is 0.488 e. The Bertz CT molecular complexity index is 273. The summed E-state index contributed by atoms with van der Waals surface area (Å²) in [7, 11) is -0.931. The molecule has 0 amide bonds. The van der Waals surface area contributed by atoms with Gasteiger partial charge in [0.25, 0.3) is 0 Å². The van der Waals surface area contributed by atoms with Crippen molar-refractivity contribution in [1.82, 2.24) is 5.32 Å². The Balaban J connectivity index is 2.78. The summed E-state index contributed by atoms with van der Waals surface area (Å²) in [6.45, 7) is 7.30. The third kappa shape index (κ3) is 4.58. The second-order valence-corrected chi connectivity index (χ2v) is 6.57. The average molecular weight is 275 g/mol. The molecule has 0 bridgehead atoms. The highest BCUT2D eigenvalue weighted by Crippen LogP contribution is 2.41. The van der Waals surface area contributed by atoms with Gasteiger partial charge in [0.1, 0.15) is 6.10 Å². The largest absolute Gasteiger partial charge is 0.566 e. The Hall–Kier alpha value is -0.0200. The maximum absolute atomic E-state index is 10.9. The third-order valence-electron chi connectivity index (χ3n) is 4.18. The van der Waals surface area contributed by atoms with Crippen LogP contribution < -0.4 is 10.2 Å². The van der Waals surface area contributed by atoms with Crippen LogP contribution in [0.15, 0.2) is 0 Å². The average Bonchev–Trinajstić information content (AvgIpc) is 2.27. The molecule has 5 unspecified atom stereocenters. The minimum atomic E-state index is -2.77. The fourth-order valence-electron chi connectivity index (χ4n) is 3.28. The van der Waals surface area contributed by atoms with Gasteiger partial charge in [-0.25, -0.2) is 0 Å². The van der Waals surface area contributed by atoms with E-state index in [2.05, 4.69) is 26.1 Å². The predicted molar refractivity (Wildman–Crippen MR) is 71.2 cm³/mol. The normalized spacial score (nSPS) is 31.4. The molecular formula is C13H26NO3P. The standard InChI is InChI=1S/C13H26NO3P/c1-9(2)11-6-5-10(3)7-12(11)13(8-14-4)17-18(15)16/h9-14H,5-8H2,1-4H3. The molecule has 0 spiro atoms. The van der Waals surface area contributed by atoms with Gasteiger partial charge in [-0.15, -0.1) is 4.52 Å². The third-order valence-corrected chi connectivity index (χ3v) is 4.62. The zero-order chi connectivity index (χ0) is 13.7. The van der Waals surface area contributed by atoms with Gasteiger partial charge in [-0.2, -0.15) is 0 Å². The Kier molecular flexibility index (Phi) is 6.72. The van der Waals surface area contributed by atoms with Gasteiger partial charge < -0.3 is 10.2 Å². The van der Waals surface area contributed by atoms with Crippen molar-refractivity contribution in [3.8, 4) is 0 Å². The van der Waals surface area contributed by atoms with Gasteiger partial charge in [0, 0.05) is 6.54 Å².